The Kier molecular flexibility index (Phi) is 3.03. The molecule has 0 N–H and O–H groups in total. The third-order valence-electron chi connectivity index (χ3n) is 4.11. The van der Waals surface area contributed by atoms with Crippen LogP contribution >= 0.6 is 0 Å². The summed E-state index contributed by atoms with van der Waals surface area (Å²) in [5, 5.41) is 1.17. The lowest BCUT2D eigenvalue weighted by molar-refractivity contribution is 0.225. The van der Waals surface area contributed by atoms with Gasteiger partial charge >= 0.3 is 0 Å². The maximum Gasteiger partial charge on any atom is 0.220 e. The highest BCUT2D eigenvalue weighted by molar-refractivity contribution is 5.78. The molecule has 0 bridgehead atoms. The van der Waals surface area contributed by atoms with Crippen LogP contribution in [0.15, 0.2) is 36.5 Å². The van der Waals surface area contributed by atoms with Crippen molar-refractivity contribution in [1.29, 1.82) is 0 Å². The minimum atomic E-state index is 0.118. The molecule has 1 aromatic carbocycles. The first-order valence-corrected chi connectivity index (χ1v) is 7.53. The largest absolute Gasteiger partial charge is 0.473 e. The van der Waals surface area contributed by atoms with Crippen molar-refractivity contribution in [3.05, 3.63) is 59.2 Å². The van der Waals surface area contributed by atoms with E-state index < -0.39 is 0 Å². The van der Waals surface area contributed by atoms with Crippen LogP contribution in [-0.4, -0.2) is 21.1 Å². The van der Waals surface area contributed by atoms with Gasteiger partial charge in [0.2, 0.25) is 5.88 Å². The van der Waals surface area contributed by atoms with E-state index >= 15 is 0 Å². The van der Waals surface area contributed by atoms with E-state index in [2.05, 4.69) is 27.1 Å². The molecule has 0 saturated carbocycles. The summed E-state index contributed by atoms with van der Waals surface area (Å²) in [5.74, 6) is 1.52. The number of aryl methyl sites for hydroxylation is 2. The fraction of sp³-hybridized carbons (Fsp3) is 0.278. The van der Waals surface area contributed by atoms with Gasteiger partial charge in [-0.25, -0.2) is 4.98 Å². The zero-order valence-electron chi connectivity index (χ0n) is 12.7. The number of aromatic nitrogens is 3. The van der Waals surface area contributed by atoms with Gasteiger partial charge < -0.3 is 4.74 Å². The molecule has 1 atom stereocenters. The lowest BCUT2D eigenvalue weighted by Crippen LogP contribution is -2.16. The van der Waals surface area contributed by atoms with E-state index in [1.807, 2.05) is 38.2 Å². The molecule has 3 aromatic rings. The molecule has 2 aromatic heterocycles. The van der Waals surface area contributed by atoms with Crippen LogP contribution < -0.4 is 4.74 Å². The van der Waals surface area contributed by atoms with Crippen molar-refractivity contribution >= 4 is 10.9 Å². The predicted molar refractivity (Wildman–Crippen MR) is 85.1 cm³/mol. The quantitative estimate of drug-likeness (QED) is 0.727. The van der Waals surface area contributed by atoms with Crippen LogP contribution in [0.2, 0.25) is 0 Å². The average Bonchev–Trinajstić information content (AvgIpc) is 2.90. The molecule has 0 saturated heterocycles. The van der Waals surface area contributed by atoms with Crippen molar-refractivity contribution in [2.45, 2.75) is 32.8 Å². The molecule has 22 heavy (non-hydrogen) atoms. The standard InChI is InChI=1S/C18H17N3O/c1-11-16-9-15(22-18(16)21-12(2)20-11)8-13-7-14-5-3-4-6-17(14)19-10-13/h3-7,10,15H,8-9H2,1-2H3. The Morgan fingerprint density at radius 1 is 1.18 bits per heavy atom. The number of ether oxygens (including phenoxy) is 1. The number of hydrogen-bond donors (Lipinski definition) is 0. The maximum atomic E-state index is 6.01. The maximum absolute atomic E-state index is 6.01. The molecule has 4 rings (SSSR count). The van der Waals surface area contributed by atoms with Crippen LogP contribution in [0.1, 0.15) is 22.6 Å². The first-order valence-electron chi connectivity index (χ1n) is 7.53. The van der Waals surface area contributed by atoms with Gasteiger partial charge in [0, 0.05) is 35.7 Å². The van der Waals surface area contributed by atoms with Crippen molar-refractivity contribution in [3.8, 4) is 5.88 Å². The third kappa shape index (κ3) is 2.30. The molecular weight excluding hydrogens is 274 g/mol. The fourth-order valence-corrected chi connectivity index (χ4v) is 3.07. The number of rotatable bonds is 2. The molecule has 0 aliphatic carbocycles. The Hall–Kier alpha value is -2.49. The minimum Gasteiger partial charge on any atom is -0.473 e. The molecular formula is C18H17N3O. The topological polar surface area (TPSA) is 47.9 Å². The molecule has 4 heteroatoms. The van der Waals surface area contributed by atoms with Crippen LogP contribution in [-0.2, 0) is 12.8 Å². The second-order valence-corrected chi connectivity index (χ2v) is 5.82. The van der Waals surface area contributed by atoms with Gasteiger partial charge in [0.15, 0.2) is 0 Å². The van der Waals surface area contributed by atoms with Crippen molar-refractivity contribution < 1.29 is 4.74 Å². The van der Waals surface area contributed by atoms with Crippen molar-refractivity contribution in [1.82, 2.24) is 15.0 Å². The van der Waals surface area contributed by atoms with Crippen LogP contribution in [0.5, 0.6) is 5.88 Å². The Bertz CT molecular complexity index is 860. The normalized spacial score (nSPS) is 16.5. The zero-order chi connectivity index (χ0) is 15.1. The SMILES string of the molecule is Cc1nc(C)c2c(n1)OC(Cc1cnc3ccccc3c1)C2. The van der Waals surface area contributed by atoms with Gasteiger partial charge in [0.1, 0.15) is 11.9 Å². The lowest BCUT2D eigenvalue weighted by Gasteiger charge is -2.10. The first kappa shape index (κ1) is 13.2. The molecule has 1 aliphatic heterocycles. The van der Waals surface area contributed by atoms with E-state index in [0.29, 0.717) is 0 Å². The summed E-state index contributed by atoms with van der Waals surface area (Å²) in [7, 11) is 0. The number of pyridine rings is 1. The highest BCUT2D eigenvalue weighted by Crippen LogP contribution is 2.30. The molecule has 3 heterocycles. The van der Waals surface area contributed by atoms with Crippen molar-refractivity contribution in [3.63, 3.8) is 0 Å². The lowest BCUT2D eigenvalue weighted by atomic mass is 10.0. The zero-order valence-corrected chi connectivity index (χ0v) is 12.7. The Labute approximate surface area is 129 Å². The fourth-order valence-electron chi connectivity index (χ4n) is 3.07. The number of nitrogens with zero attached hydrogens (tertiary/aromatic N) is 3. The number of hydrogen-bond acceptors (Lipinski definition) is 4. The predicted octanol–water partition coefficient (Wildman–Crippen LogP) is 3.19. The summed E-state index contributed by atoms with van der Waals surface area (Å²) in [6.45, 7) is 3.92. The van der Waals surface area contributed by atoms with Crippen LogP contribution in [0.4, 0.5) is 0 Å². The van der Waals surface area contributed by atoms with Gasteiger partial charge in [-0.3, -0.25) is 4.98 Å². The van der Waals surface area contributed by atoms with Gasteiger partial charge in [-0.05, 0) is 31.5 Å². The Morgan fingerprint density at radius 2 is 2.05 bits per heavy atom. The average molecular weight is 291 g/mol. The Morgan fingerprint density at radius 3 is 2.95 bits per heavy atom. The van der Waals surface area contributed by atoms with Crippen molar-refractivity contribution in [2.75, 3.05) is 0 Å². The van der Waals surface area contributed by atoms with Crippen LogP contribution in [0.3, 0.4) is 0 Å². The van der Waals surface area contributed by atoms with Gasteiger partial charge in [-0.1, -0.05) is 18.2 Å². The number of para-hydroxylation sites is 1. The summed E-state index contributed by atoms with van der Waals surface area (Å²) in [6.07, 6.45) is 3.77. The molecule has 0 amide bonds. The second kappa shape index (κ2) is 5.05. The van der Waals surface area contributed by atoms with Gasteiger partial charge in [-0.15, -0.1) is 0 Å². The van der Waals surface area contributed by atoms with Crippen LogP contribution in [0.25, 0.3) is 10.9 Å². The van der Waals surface area contributed by atoms with E-state index in [1.54, 1.807) is 0 Å². The molecule has 1 aliphatic rings. The van der Waals surface area contributed by atoms with Gasteiger partial charge in [0.05, 0.1) is 5.52 Å². The van der Waals surface area contributed by atoms with E-state index in [9.17, 15) is 0 Å². The highest BCUT2D eigenvalue weighted by Gasteiger charge is 2.27. The summed E-state index contributed by atoms with van der Waals surface area (Å²) < 4.78 is 6.01. The molecule has 4 nitrogen and oxygen atoms in total. The van der Waals surface area contributed by atoms with Crippen molar-refractivity contribution in [2.24, 2.45) is 0 Å². The highest BCUT2D eigenvalue weighted by atomic mass is 16.5. The number of benzene rings is 1. The molecule has 1 unspecified atom stereocenters. The van der Waals surface area contributed by atoms with E-state index in [0.717, 1.165) is 41.3 Å². The third-order valence-corrected chi connectivity index (χ3v) is 4.11. The second-order valence-electron chi connectivity index (χ2n) is 5.82. The number of fused-ring (bicyclic) bond motifs is 2. The van der Waals surface area contributed by atoms with E-state index in [-0.39, 0.29) is 6.10 Å². The summed E-state index contributed by atoms with van der Waals surface area (Å²) >= 11 is 0. The smallest absolute Gasteiger partial charge is 0.220 e. The minimum absolute atomic E-state index is 0.118. The molecule has 0 spiro atoms. The van der Waals surface area contributed by atoms with E-state index in [4.69, 9.17) is 4.74 Å². The summed E-state index contributed by atoms with van der Waals surface area (Å²) in [6, 6.07) is 10.4. The van der Waals surface area contributed by atoms with Gasteiger partial charge in [0.25, 0.3) is 0 Å². The summed E-state index contributed by atoms with van der Waals surface area (Å²) in [5.41, 5.74) is 4.39. The van der Waals surface area contributed by atoms with E-state index in [1.165, 1.54) is 10.9 Å². The molecule has 0 radical (unpaired) electrons. The first-order chi connectivity index (χ1) is 10.7. The van der Waals surface area contributed by atoms with Gasteiger partial charge in [-0.2, -0.15) is 4.98 Å². The molecule has 0 fully saturated rings. The van der Waals surface area contributed by atoms with Crippen LogP contribution in [0, 0.1) is 13.8 Å². The summed E-state index contributed by atoms with van der Waals surface area (Å²) in [4.78, 5) is 13.4. The Balaban J connectivity index is 1.58. The molecule has 110 valence electrons. The monoisotopic (exact) mass is 291 g/mol.